The van der Waals surface area contributed by atoms with Crippen LogP contribution in [0, 0.1) is 22.7 Å². The molecule has 1 saturated heterocycles. The second-order valence-corrected chi connectivity index (χ2v) is 7.11. The largest absolute Gasteiger partial charge is 0.461 e. The fourth-order valence-corrected chi connectivity index (χ4v) is 5.05. The van der Waals surface area contributed by atoms with Crippen molar-refractivity contribution < 1.29 is 9.53 Å². The molecule has 0 unspecified atom stereocenters. The number of esters is 1. The van der Waals surface area contributed by atoms with E-state index in [-0.39, 0.29) is 22.3 Å². The third-order valence-electron chi connectivity index (χ3n) is 5.62. The van der Waals surface area contributed by atoms with Gasteiger partial charge in [0.1, 0.15) is 10.9 Å². The van der Waals surface area contributed by atoms with Gasteiger partial charge in [-0.1, -0.05) is 36.7 Å². The molecule has 2 nitrogen and oxygen atoms in total. The second kappa shape index (κ2) is 2.61. The molecule has 0 radical (unpaired) electrons. The quantitative estimate of drug-likeness (QED) is 0.501. The average molecular weight is 273 g/mol. The van der Waals surface area contributed by atoms with Crippen molar-refractivity contribution in [2.45, 2.75) is 44.5 Å². The molecule has 0 spiro atoms. The molecule has 0 aromatic rings. The van der Waals surface area contributed by atoms with E-state index in [0.717, 1.165) is 0 Å². The van der Waals surface area contributed by atoms with Crippen molar-refractivity contribution >= 4 is 21.9 Å². The summed E-state index contributed by atoms with van der Waals surface area (Å²) >= 11 is 3.51. The highest BCUT2D eigenvalue weighted by Crippen LogP contribution is 2.71. The lowest BCUT2D eigenvalue weighted by atomic mass is 9.70. The van der Waals surface area contributed by atoms with Gasteiger partial charge >= 0.3 is 5.97 Å². The minimum Gasteiger partial charge on any atom is -0.461 e. The minimum absolute atomic E-state index is 0.0429. The molecule has 0 N–H and O–H groups in total. The zero-order valence-corrected chi connectivity index (χ0v) is 11.0. The summed E-state index contributed by atoms with van der Waals surface area (Å²) in [6, 6.07) is 0. The maximum atomic E-state index is 11.6. The number of hydrogen-bond donors (Lipinski definition) is 0. The van der Waals surface area contributed by atoms with Gasteiger partial charge < -0.3 is 4.74 Å². The van der Waals surface area contributed by atoms with Gasteiger partial charge in [0, 0.05) is 11.3 Å². The number of alkyl halides is 1. The Labute approximate surface area is 98.9 Å². The summed E-state index contributed by atoms with van der Waals surface area (Å²) in [4.78, 5) is 11.5. The lowest BCUT2D eigenvalue weighted by molar-refractivity contribution is -0.147. The van der Waals surface area contributed by atoms with E-state index < -0.39 is 0 Å². The SMILES string of the molecule is CC1(C)[C@@H]2CC[C@@]1(C)[C@@H]1OC(=O)[C@@H](Br)[C@H]21. The van der Waals surface area contributed by atoms with Crippen LogP contribution in [-0.4, -0.2) is 16.9 Å². The van der Waals surface area contributed by atoms with E-state index in [4.69, 9.17) is 4.74 Å². The Morgan fingerprint density at radius 2 is 2.07 bits per heavy atom. The topological polar surface area (TPSA) is 26.3 Å². The average Bonchev–Trinajstić information content (AvgIpc) is 2.61. The molecule has 0 amide bonds. The standard InChI is InChI=1S/C12H17BrO2/c1-11(2)6-4-5-12(11,3)9-7(6)8(13)10(14)15-9/h6-9H,4-5H2,1-3H3/t6-,7+,8+,9-,12+/m1/s1. The monoisotopic (exact) mass is 272 g/mol. The van der Waals surface area contributed by atoms with Crippen LogP contribution in [-0.2, 0) is 9.53 Å². The molecular formula is C12H17BrO2. The summed E-state index contributed by atoms with van der Waals surface area (Å²) in [5, 5.41) is 0. The predicted molar refractivity (Wildman–Crippen MR) is 60.7 cm³/mol. The maximum absolute atomic E-state index is 11.6. The first kappa shape index (κ1) is 10.1. The number of rotatable bonds is 0. The Kier molecular flexibility index (Phi) is 1.76. The van der Waals surface area contributed by atoms with Gasteiger partial charge in [-0.2, -0.15) is 0 Å². The molecule has 3 heteroatoms. The van der Waals surface area contributed by atoms with Crippen LogP contribution in [0.3, 0.4) is 0 Å². The predicted octanol–water partition coefficient (Wildman–Crippen LogP) is 2.75. The van der Waals surface area contributed by atoms with Crippen molar-refractivity contribution in [2.24, 2.45) is 22.7 Å². The Hall–Kier alpha value is -0.0500. The van der Waals surface area contributed by atoms with Gasteiger partial charge in [-0.05, 0) is 24.2 Å². The summed E-state index contributed by atoms with van der Waals surface area (Å²) in [5.74, 6) is 1.01. The molecule has 2 saturated carbocycles. The first-order chi connectivity index (χ1) is 6.89. The molecule has 3 rings (SSSR count). The Bertz CT molecular complexity index is 339. The van der Waals surface area contributed by atoms with E-state index in [1.165, 1.54) is 12.8 Å². The van der Waals surface area contributed by atoms with E-state index in [1.807, 2.05) is 0 Å². The van der Waals surface area contributed by atoms with Crippen molar-refractivity contribution in [3.63, 3.8) is 0 Å². The molecule has 3 aliphatic rings. The van der Waals surface area contributed by atoms with Crippen molar-refractivity contribution in [2.75, 3.05) is 0 Å². The number of halogens is 1. The van der Waals surface area contributed by atoms with Crippen LogP contribution in [0.5, 0.6) is 0 Å². The van der Waals surface area contributed by atoms with Gasteiger partial charge in [0.2, 0.25) is 0 Å². The maximum Gasteiger partial charge on any atom is 0.320 e. The summed E-state index contributed by atoms with van der Waals surface area (Å²) in [7, 11) is 0. The van der Waals surface area contributed by atoms with E-state index in [1.54, 1.807) is 0 Å². The number of fused-ring (bicyclic) bond motifs is 5. The van der Waals surface area contributed by atoms with Crippen LogP contribution in [0.1, 0.15) is 33.6 Å². The van der Waals surface area contributed by atoms with Crippen LogP contribution in [0.2, 0.25) is 0 Å². The van der Waals surface area contributed by atoms with Crippen molar-refractivity contribution in [3.05, 3.63) is 0 Å². The summed E-state index contributed by atoms with van der Waals surface area (Å²) in [6.45, 7) is 6.99. The van der Waals surface area contributed by atoms with Crippen molar-refractivity contribution in [3.8, 4) is 0 Å². The normalized spacial score (nSPS) is 55.6. The second-order valence-electron chi connectivity index (χ2n) is 6.12. The highest BCUT2D eigenvalue weighted by molar-refractivity contribution is 9.10. The molecule has 0 aromatic carbocycles. The Balaban J connectivity index is 2.08. The van der Waals surface area contributed by atoms with Gasteiger partial charge in [-0.15, -0.1) is 0 Å². The lowest BCUT2D eigenvalue weighted by Gasteiger charge is -2.37. The van der Waals surface area contributed by atoms with Gasteiger partial charge in [-0.25, -0.2) is 0 Å². The van der Waals surface area contributed by atoms with Gasteiger partial charge in [0.25, 0.3) is 0 Å². The molecule has 1 aliphatic heterocycles. The molecule has 84 valence electrons. The summed E-state index contributed by atoms with van der Waals surface area (Å²) in [5.41, 5.74) is 0.509. The highest BCUT2D eigenvalue weighted by Gasteiger charge is 2.71. The zero-order valence-electron chi connectivity index (χ0n) is 9.42. The molecular weight excluding hydrogens is 256 g/mol. The van der Waals surface area contributed by atoms with Gasteiger partial charge in [-0.3, -0.25) is 4.79 Å². The first-order valence-electron chi connectivity index (χ1n) is 5.74. The molecule has 2 aliphatic carbocycles. The van der Waals surface area contributed by atoms with Crippen LogP contribution in [0.4, 0.5) is 0 Å². The van der Waals surface area contributed by atoms with Crippen LogP contribution < -0.4 is 0 Å². The molecule has 5 atom stereocenters. The Morgan fingerprint density at radius 3 is 2.67 bits per heavy atom. The fraction of sp³-hybridized carbons (Fsp3) is 0.917. The van der Waals surface area contributed by atoms with Crippen molar-refractivity contribution in [1.82, 2.24) is 0 Å². The number of carbonyl (C=O) groups excluding carboxylic acids is 1. The van der Waals surface area contributed by atoms with Crippen LogP contribution >= 0.6 is 15.9 Å². The van der Waals surface area contributed by atoms with E-state index in [0.29, 0.717) is 17.3 Å². The molecule has 0 aromatic heterocycles. The van der Waals surface area contributed by atoms with Gasteiger partial charge in [0.15, 0.2) is 0 Å². The molecule has 3 fully saturated rings. The number of ether oxygens (including phenoxy) is 1. The summed E-state index contributed by atoms with van der Waals surface area (Å²) in [6.07, 6.45) is 2.62. The lowest BCUT2D eigenvalue weighted by Crippen LogP contribution is -2.37. The molecule has 2 bridgehead atoms. The summed E-state index contributed by atoms with van der Waals surface area (Å²) < 4.78 is 5.58. The minimum atomic E-state index is -0.0612. The van der Waals surface area contributed by atoms with E-state index in [9.17, 15) is 4.79 Å². The fourth-order valence-electron chi connectivity index (χ4n) is 4.29. The first-order valence-corrected chi connectivity index (χ1v) is 6.66. The van der Waals surface area contributed by atoms with Crippen LogP contribution in [0.25, 0.3) is 0 Å². The smallest absolute Gasteiger partial charge is 0.320 e. The number of carbonyl (C=O) groups is 1. The molecule has 15 heavy (non-hydrogen) atoms. The third-order valence-corrected chi connectivity index (χ3v) is 6.61. The molecule has 1 heterocycles. The zero-order chi connectivity index (χ0) is 11.0. The Morgan fingerprint density at radius 1 is 1.40 bits per heavy atom. The van der Waals surface area contributed by atoms with Crippen LogP contribution in [0.15, 0.2) is 0 Å². The van der Waals surface area contributed by atoms with Gasteiger partial charge in [0.05, 0.1) is 0 Å². The van der Waals surface area contributed by atoms with E-state index >= 15 is 0 Å². The third kappa shape index (κ3) is 0.904. The van der Waals surface area contributed by atoms with E-state index in [2.05, 4.69) is 36.7 Å². The number of hydrogen-bond acceptors (Lipinski definition) is 2. The highest BCUT2D eigenvalue weighted by atomic mass is 79.9. The van der Waals surface area contributed by atoms with Crippen molar-refractivity contribution in [1.29, 1.82) is 0 Å².